The fourth-order valence-corrected chi connectivity index (χ4v) is 1.40. The highest BCUT2D eigenvalue weighted by atomic mass is 19.3. The van der Waals surface area contributed by atoms with Crippen molar-refractivity contribution in [1.82, 2.24) is 0 Å². The number of carbonyl (C=O) groups excluding carboxylic acids is 1. The van der Waals surface area contributed by atoms with Crippen LogP contribution in [-0.4, -0.2) is 18.0 Å². The van der Waals surface area contributed by atoms with Crippen molar-refractivity contribution >= 4 is 5.97 Å². The lowest BCUT2D eigenvalue weighted by atomic mass is 10.2. The van der Waals surface area contributed by atoms with Crippen LogP contribution in [0, 0.1) is 11.8 Å². The molecule has 0 bridgehead atoms. The summed E-state index contributed by atoms with van der Waals surface area (Å²) in [4.78, 5) is 11.3. The van der Waals surface area contributed by atoms with Crippen LogP contribution >= 0.6 is 0 Å². The van der Waals surface area contributed by atoms with E-state index in [4.69, 9.17) is 4.74 Å². The highest BCUT2D eigenvalue weighted by Gasteiger charge is 2.46. The second kappa shape index (κ2) is 3.83. The van der Waals surface area contributed by atoms with Crippen LogP contribution in [0.3, 0.4) is 0 Å². The van der Waals surface area contributed by atoms with E-state index in [0.29, 0.717) is 6.42 Å². The molecule has 0 saturated heterocycles. The fraction of sp³-hybridized carbons (Fsp3) is 0.900. The first-order valence-corrected chi connectivity index (χ1v) is 4.80. The lowest BCUT2D eigenvalue weighted by molar-refractivity contribution is -0.156. The standard InChI is InChI=1S/C10H16F2O2/c1-10(2,3)14-9(13)7-4-6(7)5-8(11)12/h6-8H,4-5H2,1-3H3/t6-,7+/m1/s1. The van der Waals surface area contributed by atoms with E-state index in [1.807, 2.05) is 0 Å². The zero-order valence-corrected chi connectivity index (χ0v) is 8.72. The van der Waals surface area contributed by atoms with Crippen molar-refractivity contribution in [3.05, 3.63) is 0 Å². The molecule has 0 heterocycles. The first kappa shape index (κ1) is 11.4. The van der Waals surface area contributed by atoms with Crippen molar-refractivity contribution in [2.24, 2.45) is 11.8 Å². The van der Waals surface area contributed by atoms with Crippen molar-refractivity contribution in [3.8, 4) is 0 Å². The monoisotopic (exact) mass is 206 g/mol. The molecular formula is C10H16F2O2. The normalized spacial score (nSPS) is 26.4. The molecule has 1 fully saturated rings. The van der Waals surface area contributed by atoms with Crippen molar-refractivity contribution in [2.45, 2.75) is 45.6 Å². The van der Waals surface area contributed by atoms with Crippen LogP contribution in [0.15, 0.2) is 0 Å². The molecule has 2 atom stereocenters. The number of halogens is 2. The van der Waals surface area contributed by atoms with Crippen LogP contribution in [0.4, 0.5) is 8.78 Å². The third-order valence-corrected chi connectivity index (χ3v) is 2.11. The van der Waals surface area contributed by atoms with Crippen LogP contribution in [-0.2, 0) is 9.53 Å². The van der Waals surface area contributed by atoms with Gasteiger partial charge in [0.15, 0.2) is 0 Å². The molecule has 0 spiro atoms. The van der Waals surface area contributed by atoms with Crippen LogP contribution in [0.2, 0.25) is 0 Å². The number of hydrogen-bond donors (Lipinski definition) is 0. The number of carbonyl (C=O) groups is 1. The Morgan fingerprint density at radius 1 is 1.50 bits per heavy atom. The van der Waals surface area contributed by atoms with Gasteiger partial charge in [0.2, 0.25) is 6.43 Å². The molecule has 1 saturated carbocycles. The average Bonchev–Trinajstić information content (AvgIpc) is 2.61. The average molecular weight is 206 g/mol. The van der Waals surface area contributed by atoms with Crippen LogP contribution in [0.25, 0.3) is 0 Å². The summed E-state index contributed by atoms with van der Waals surface area (Å²) in [6.07, 6.45) is -1.93. The van der Waals surface area contributed by atoms with Gasteiger partial charge in [0, 0.05) is 6.42 Å². The van der Waals surface area contributed by atoms with Gasteiger partial charge < -0.3 is 4.74 Å². The minimum Gasteiger partial charge on any atom is -0.460 e. The Morgan fingerprint density at radius 2 is 2.07 bits per heavy atom. The van der Waals surface area contributed by atoms with Crippen LogP contribution in [0.1, 0.15) is 33.6 Å². The number of esters is 1. The lowest BCUT2D eigenvalue weighted by Crippen LogP contribution is -2.25. The van der Waals surface area contributed by atoms with E-state index in [2.05, 4.69) is 0 Å². The second-order valence-corrected chi connectivity index (χ2v) is 4.76. The summed E-state index contributed by atoms with van der Waals surface area (Å²) in [5, 5.41) is 0. The Hall–Kier alpha value is -0.670. The van der Waals surface area contributed by atoms with Gasteiger partial charge in [0.05, 0.1) is 5.92 Å². The summed E-state index contributed by atoms with van der Waals surface area (Å²) in [7, 11) is 0. The van der Waals surface area contributed by atoms with E-state index in [9.17, 15) is 13.6 Å². The van der Waals surface area contributed by atoms with Gasteiger partial charge in [-0.3, -0.25) is 4.79 Å². The molecule has 4 heteroatoms. The van der Waals surface area contributed by atoms with E-state index < -0.39 is 12.0 Å². The summed E-state index contributed by atoms with van der Waals surface area (Å²) in [5.74, 6) is -0.781. The second-order valence-electron chi connectivity index (χ2n) is 4.76. The quantitative estimate of drug-likeness (QED) is 0.663. The van der Waals surface area contributed by atoms with Gasteiger partial charge in [0.25, 0.3) is 0 Å². The molecule has 14 heavy (non-hydrogen) atoms. The van der Waals surface area contributed by atoms with Gasteiger partial charge in [-0.15, -0.1) is 0 Å². The molecule has 0 aromatic heterocycles. The van der Waals surface area contributed by atoms with Crippen molar-refractivity contribution in [3.63, 3.8) is 0 Å². The highest BCUT2D eigenvalue weighted by molar-refractivity contribution is 5.76. The van der Waals surface area contributed by atoms with Crippen molar-refractivity contribution in [2.75, 3.05) is 0 Å². The lowest BCUT2D eigenvalue weighted by Gasteiger charge is -2.19. The van der Waals surface area contributed by atoms with Crippen LogP contribution in [0.5, 0.6) is 0 Å². The Labute approximate surface area is 82.6 Å². The molecule has 1 aliphatic rings. The van der Waals surface area contributed by atoms with Gasteiger partial charge in [0.1, 0.15) is 5.60 Å². The molecule has 1 aliphatic carbocycles. The van der Waals surface area contributed by atoms with Crippen molar-refractivity contribution in [1.29, 1.82) is 0 Å². The Kier molecular flexibility index (Phi) is 3.12. The maximum Gasteiger partial charge on any atom is 0.309 e. The molecular weight excluding hydrogens is 190 g/mol. The van der Waals surface area contributed by atoms with Gasteiger partial charge in [-0.1, -0.05) is 0 Å². The zero-order chi connectivity index (χ0) is 10.9. The van der Waals surface area contributed by atoms with E-state index in [0.717, 1.165) is 0 Å². The summed E-state index contributed by atoms with van der Waals surface area (Å²) >= 11 is 0. The third kappa shape index (κ3) is 3.60. The maximum absolute atomic E-state index is 11.9. The zero-order valence-electron chi connectivity index (χ0n) is 8.72. The molecule has 0 unspecified atom stereocenters. The smallest absolute Gasteiger partial charge is 0.309 e. The maximum atomic E-state index is 11.9. The molecule has 1 rings (SSSR count). The van der Waals surface area contributed by atoms with Gasteiger partial charge in [-0.25, -0.2) is 8.78 Å². The topological polar surface area (TPSA) is 26.3 Å². The Balaban J connectivity index is 2.29. The first-order valence-electron chi connectivity index (χ1n) is 4.80. The van der Waals surface area contributed by atoms with E-state index in [1.54, 1.807) is 20.8 Å². The predicted molar refractivity (Wildman–Crippen MR) is 48.1 cm³/mol. The van der Waals surface area contributed by atoms with Gasteiger partial charge in [-0.05, 0) is 33.1 Å². The van der Waals surface area contributed by atoms with Crippen LogP contribution < -0.4 is 0 Å². The summed E-state index contributed by atoms with van der Waals surface area (Å²) < 4.78 is 29.0. The van der Waals surface area contributed by atoms with Gasteiger partial charge in [-0.2, -0.15) is 0 Å². The number of hydrogen-bond acceptors (Lipinski definition) is 2. The van der Waals surface area contributed by atoms with Gasteiger partial charge >= 0.3 is 5.97 Å². The van der Waals surface area contributed by atoms with E-state index in [1.165, 1.54) is 0 Å². The first-order chi connectivity index (χ1) is 6.29. The number of ether oxygens (including phenoxy) is 1. The predicted octanol–water partition coefficient (Wildman–Crippen LogP) is 2.62. The minimum atomic E-state index is -2.31. The molecule has 82 valence electrons. The van der Waals surface area contributed by atoms with Crippen molar-refractivity contribution < 1.29 is 18.3 Å². The Bertz CT molecular complexity index is 221. The number of rotatable bonds is 3. The summed E-state index contributed by atoms with van der Waals surface area (Å²) in [6, 6.07) is 0. The highest BCUT2D eigenvalue weighted by Crippen LogP contribution is 2.44. The Morgan fingerprint density at radius 3 is 2.50 bits per heavy atom. The number of alkyl halides is 2. The third-order valence-electron chi connectivity index (χ3n) is 2.11. The molecule has 0 aromatic carbocycles. The summed E-state index contributed by atoms with van der Waals surface area (Å²) in [6.45, 7) is 5.32. The molecule has 0 aromatic rings. The molecule has 2 nitrogen and oxygen atoms in total. The molecule has 0 amide bonds. The van der Waals surface area contributed by atoms with E-state index in [-0.39, 0.29) is 24.2 Å². The molecule has 0 N–H and O–H groups in total. The van der Waals surface area contributed by atoms with E-state index >= 15 is 0 Å². The summed E-state index contributed by atoms with van der Waals surface area (Å²) in [5.41, 5.74) is -0.519. The SMILES string of the molecule is CC(C)(C)OC(=O)[C@H]1C[C@@H]1CC(F)F. The minimum absolute atomic E-state index is 0.162. The largest absolute Gasteiger partial charge is 0.460 e. The molecule has 0 radical (unpaired) electrons. The molecule has 0 aliphatic heterocycles. The fourth-order valence-electron chi connectivity index (χ4n) is 1.40.